The molecule has 0 aliphatic carbocycles. The van der Waals surface area contributed by atoms with Crippen LogP contribution in [0.5, 0.6) is 0 Å². The molecule has 1 aromatic heterocycles. The van der Waals surface area contributed by atoms with Crippen LogP contribution < -0.4 is 0 Å². The number of fused-ring (bicyclic) bond motifs is 2. The van der Waals surface area contributed by atoms with E-state index in [1.807, 2.05) is 13.2 Å². The van der Waals surface area contributed by atoms with Gasteiger partial charge in [0.2, 0.25) is 5.91 Å². The average molecular weight is 275 g/mol. The maximum Gasteiger partial charge on any atom is 0.308 e. The van der Waals surface area contributed by atoms with Gasteiger partial charge in [0.15, 0.2) is 0 Å². The van der Waals surface area contributed by atoms with E-state index in [0.717, 1.165) is 18.4 Å². The van der Waals surface area contributed by atoms with Crippen LogP contribution in [0.1, 0.15) is 24.8 Å². The van der Waals surface area contributed by atoms with E-state index < -0.39 is 11.9 Å². The van der Waals surface area contributed by atoms with Crippen molar-refractivity contribution in [2.75, 3.05) is 0 Å². The summed E-state index contributed by atoms with van der Waals surface area (Å²) in [7, 11) is 1.82. The average Bonchev–Trinajstić information content (AvgIpc) is 3.09. The highest BCUT2D eigenvalue weighted by molar-refractivity contribution is 5.93. The molecule has 1 N–H and O–H groups in total. The summed E-state index contributed by atoms with van der Waals surface area (Å²) in [6.07, 6.45) is 9.06. The third-order valence-electron chi connectivity index (χ3n) is 4.25. The predicted molar refractivity (Wildman–Crippen MR) is 71.6 cm³/mol. The van der Waals surface area contributed by atoms with Gasteiger partial charge in [0.25, 0.3) is 0 Å². The van der Waals surface area contributed by atoms with Crippen LogP contribution in [0, 0.1) is 5.92 Å². The van der Waals surface area contributed by atoms with E-state index in [2.05, 4.69) is 5.10 Å². The molecule has 6 nitrogen and oxygen atoms in total. The first kappa shape index (κ1) is 12.9. The quantitative estimate of drug-likeness (QED) is 0.831. The SMILES string of the molecule is Cn1cc(C=CC(=O)N2C3CCC2C(C(=O)O)C3)cn1. The number of rotatable bonds is 3. The van der Waals surface area contributed by atoms with Crippen molar-refractivity contribution in [3.63, 3.8) is 0 Å². The number of amides is 1. The molecule has 0 saturated carbocycles. The maximum atomic E-state index is 12.3. The van der Waals surface area contributed by atoms with Crippen molar-refractivity contribution < 1.29 is 14.7 Å². The second kappa shape index (κ2) is 4.77. The fourth-order valence-electron chi connectivity index (χ4n) is 3.38. The third-order valence-corrected chi connectivity index (χ3v) is 4.25. The molecule has 106 valence electrons. The van der Waals surface area contributed by atoms with Crippen LogP contribution in [0.2, 0.25) is 0 Å². The molecule has 2 aliphatic rings. The highest BCUT2D eigenvalue weighted by Crippen LogP contribution is 2.41. The lowest BCUT2D eigenvalue weighted by atomic mass is 9.89. The van der Waals surface area contributed by atoms with E-state index >= 15 is 0 Å². The van der Waals surface area contributed by atoms with E-state index in [1.54, 1.807) is 21.9 Å². The van der Waals surface area contributed by atoms with Crippen LogP contribution in [-0.2, 0) is 16.6 Å². The zero-order valence-electron chi connectivity index (χ0n) is 11.3. The van der Waals surface area contributed by atoms with Crippen LogP contribution >= 0.6 is 0 Å². The second-order valence-electron chi connectivity index (χ2n) is 5.51. The van der Waals surface area contributed by atoms with E-state index in [1.165, 1.54) is 6.08 Å². The van der Waals surface area contributed by atoms with Crippen molar-refractivity contribution in [3.05, 3.63) is 24.0 Å². The number of carbonyl (C=O) groups is 2. The van der Waals surface area contributed by atoms with Gasteiger partial charge < -0.3 is 10.0 Å². The van der Waals surface area contributed by atoms with Gasteiger partial charge in [-0.2, -0.15) is 5.10 Å². The first-order valence-electron chi connectivity index (χ1n) is 6.78. The molecule has 2 fully saturated rings. The van der Waals surface area contributed by atoms with Gasteiger partial charge in [-0.1, -0.05) is 0 Å². The van der Waals surface area contributed by atoms with Gasteiger partial charge >= 0.3 is 5.97 Å². The highest BCUT2D eigenvalue weighted by atomic mass is 16.4. The topological polar surface area (TPSA) is 75.4 Å². The molecule has 0 radical (unpaired) electrons. The Kier molecular flexibility index (Phi) is 3.08. The number of nitrogens with zero attached hydrogens (tertiary/aromatic N) is 3. The zero-order chi connectivity index (χ0) is 14.3. The summed E-state index contributed by atoms with van der Waals surface area (Å²) >= 11 is 0. The molecule has 2 bridgehead atoms. The first-order chi connectivity index (χ1) is 9.56. The van der Waals surface area contributed by atoms with Gasteiger partial charge in [-0.25, -0.2) is 0 Å². The lowest BCUT2D eigenvalue weighted by molar-refractivity contribution is -0.143. The molecule has 0 spiro atoms. The number of aliphatic carboxylic acids is 1. The Bertz CT molecular complexity index is 578. The lowest BCUT2D eigenvalue weighted by Gasteiger charge is -2.21. The first-order valence-corrected chi connectivity index (χ1v) is 6.78. The molecule has 3 rings (SSSR count). The zero-order valence-corrected chi connectivity index (χ0v) is 11.3. The lowest BCUT2D eigenvalue weighted by Crippen LogP contribution is -2.36. The number of carbonyl (C=O) groups excluding carboxylic acids is 1. The normalized spacial score (nSPS) is 28.4. The van der Waals surface area contributed by atoms with Crippen molar-refractivity contribution in [2.24, 2.45) is 13.0 Å². The van der Waals surface area contributed by atoms with Gasteiger partial charge in [0, 0.05) is 37.0 Å². The standard InChI is InChI=1S/C14H17N3O3/c1-16-8-9(7-15-16)2-5-13(18)17-10-3-4-12(17)11(6-10)14(19)20/h2,5,7-8,10-12H,3-4,6H2,1H3,(H,19,20). The van der Waals surface area contributed by atoms with Crippen molar-refractivity contribution in [1.29, 1.82) is 0 Å². The van der Waals surface area contributed by atoms with Crippen LogP contribution in [0.15, 0.2) is 18.5 Å². The van der Waals surface area contributed by atoms with Crippen molar-refractivity contribution in [3.8, 4) is 0 Å². The Balaban J connectivity index is 1.72. The number of hydrogen-bond acceptors (Lipinski definition) is 3. The number of aromatic nitrogens is 2. The summed E-state index contributed by atoms with van der Waals surface area (Å²) in [4.78, 5) is 25.2. The van der Waals surface area contributed by atoms with Gasteiger partial charge in [-0.15, -0.1) is 0 Å². The molecular weight excluding hydrogens is 258 g/mol. The Morgan fingerprint density at radius 2 is 2.25 bits per heavy atom. The van der Waals surface area contributed by atoms with E-state index in [-0.39, 0.29) is 18.0 Å². The smallest absolute Gasteiger partial charge is 0.308 e. The molecule has 6 heteroatoms. The molecule has 3 heterocycles. The van der Waals surface area contributed by atoms with Crippen LogP contribution in [0.25, 0.3) is 6.08 Å². The van der Waals surface area contributed by atoms with Gasteiger partial charge in [0.05, 0.1) is 12.1 Å². The maximum absolute atomic E-state index is 12.3. The molecule has 3 atom stereocenters. The van der Waals surface area contributed by atoms with Crippen LogP contribution in [0.4, 0.5) is 0 Å². The van der Waals surface area contributed by atoms with Gasteiger partial charge in [-0.3, -0.25) is 14.3 Å². The predicted octanol–water partition coefficient (Wildman–Crippen LogP) is 0.897. The van der Waals surface area contributed by atoms with Crippen LogP contribution in [0.3, 0.4) is 0 Å². The highest BCUT2D eigenvalue weighted by Gasteiger charge is 2.50. The van der Waals surface area contributed by atoms with E-state index in [0.29, 0.717) is 6.42 Å². The fourth-order valence-corrected chi connectivity index (χ4v) is 3.38. The van der Waals surface area contributed by atoms with E-state index in [9.17, 15) is 14.7 Å². The Morgan fingerprint density at radius 1 is 1.45 bits per heavy atom. The molecule has 2 aliphatic heterocycles. The van der Waals surface area contributed by atoms with Gasteiger partial charge in [0.1, 0.15) is 0 Å². The Hall–Kier alpha value is -2.11. The molecule has 2 saturated heterocycles. The molecule has 20 heavy (non-hydrogen) atoms. The van der Waals surface area contributed by atoms with Crippen molar-refractivity contribution >= 4 is 18.0 Å². The van der Waals surface area contributed by atoms with Crippen LogP contribution in [-0.4, -0.2) is 43.7 Å². The molecule has 1 amide bonds. The summed E-state index contributed by atoms with van der Waals surface area (Å²) < 4.78 is 1.67. The number of carboxylic acid groups (broad SMARTS) is 1. The summed E-state index contributed by atoms with van der Waals surface area (Å²) in [5.41, 5.74) is 0.863. The fraction of sp³-hybridized carbons (Fsp3) is 0.500. The number of aryl methyl sites for hydroxylation is 1. The number of hydrogen-bond donors (Lipinski definition) is 1. The minimum Gasteiger partial charge on any atom is -0.481 e. The molecular formula is C14H17N3O3. The Labute approximate surface area is 116 Å². The molecule has 3 unspecified atom stereocenters. The van der Waals surface area contributed by atoms with Gasteiger partial charge in [-0.05, 0) is 25.3 Å². The number of carboxylic acids is 1. The summed E-state index contributed by atoms with van der Waals surface area (Å²) in [6, 6.07) is -0.0457. The Morgan fingerprint density at radius 3 is 2.85 bits per heavy atom. The molecule has 0 aromatic carbocycles. The van der Waals surface area contributed by atoms with Crippen molar-refractivity contribution in [1.82, 2.24) is 14.7 Å². The van der Waals surface area contributed by atoms with E-state index in [4.69, 9.17) is 0 Å². The third kappa shape index (κ3) is 2.11. The van der Waals surface area contributed by atoms with Crippen molar-refractivity contribution in [2.45, 2.75) is 31.3 Å². The largest absolute Gasteiger partial charge is 0.481 e. The minimum atomic E-state index is -0.786. The summed E-state index contributed by atoms with van der Waals surface area (Å²) in [5.74, 6) is -1.28. The second-order valence-corrected chi connectivity index (χ2v) is 5.51. The summed E-state index contributed by atoms with van der Waals surface area (Å²) in [5, 5.41) is 13.2. The monoisotopic (exact) mass is 275 g/mol. The summed E-state index contributed by atoms with van der Waals surface area (Å²) in [6.45, 7) is 0. The minimum absolute atomic E-state index is 0.0900. The molecule has 1 aromatic rings.